The number of fused-ring (bicyclic) bond motifs is 6. The summed E-state index contributed by atoms with van der Waals surface area (Å²) in [6, 6.07) is 119. The van der Waals surface area contributed by atoms with Crippen LogP contribution < -0.4 is 26.2 Å². The van der Waals surface area contributed by atoms with Gasteiger partial charge in [0.2, 0.25) is 0 Å². The molecule has 0 aliphatic carbocycles. The summed E-state index contributed by atoms with van der Waals surface area (Å²) in [5.41, 5.74) is 27.2. The first-order chi connectivity index (χ1) is 41.2. The molecule has 2 aliphatic heterocycles. The molecule has 14 aromatic carbocycles. The van der Waals surface area contributed by atoms with E-state index in [9.17, 15) is 0 Å². The summed E-state index contributed by atoms with van der Waals surface area (Å²) in [7, 11) is 0. The van der Waals surface area contributed by atoms with Crippen LogP contribution in [-0.4, -0.2) is 6.71 Å². The number of nitrogens with zero attached hydrogens (tertiary/aromatic N) is 2. The van der Waals surface area contributed by atoms with Crippen molar-refractivity contribution in [3.63, 3.8) is 0 Å². The van der Waals surface area contributed by atoms with Gasteiger partial charge in [0.25, 0.3) is 6.71 Å². The zero-order valence-electron chi connectivity index (χ0n) is 45.6. The van der Waals surface area contributed by atoms with E-state index in [-0.39, 0.29) is 6.71 Å². The van der Waals surface area contributed by atoms with Crippen molar-refractivity contribution in [1.29, 1.82) is 0 Å². The summed E-state index contributed by atoms with van der Waals surface area (Å²) in [6.07, 6.45) is 0. The van der Waals surface area contributed by atoms with E-state index in [2.05, 4.69) is 331 Å². The predicted molar refractivity (Wildman–Crippen MR) is 354 cm³/mol. The number of anilines is 6. The van der Waals surface area contributed by atoms with Crippen molar-refractivity contribution >= 4 is 78.8 Å². The lowest BCUT2D eigenvalue weighted by atomic mass is 9.33. The lowest BCUT2D eigenvalue weighted by Crippen LogP contribution is -2.61. The Hall–Kier alpha value is -10.7. The number of para-hydroxylation sites is 2. The highest BCUT2D eigenvalue weighted by atomic mass is 15.2. The third-order valence-electron chi connectivity index (χ3n) is 17.2. The van der Waals surface area contributed by atoms with Gasteiger partial charge in [0, 0.05) is 33.9 Å². The summed E-state index contributed by atoms with van der Waals surface area (Å²) in [6.45, 7) is -0.156. The second-order valence-electron chi connectivity index (χ2n) is 21.8. The van der Waals surface area contributed by atoms with Crippen molar-refractivity contribution in [2.45, 2.75) is 0 Å². The molecule has 16 rings (SSSR count). The van der Waals surface area contributed by atoms with Crippen molar-refractivity contribution in [1.82, 2.24) is 0 Å². The Morgan fingerprint density at radius 3 is 0.940 bits per heavy atom. The molecule has 0 saturated carbocycles. The maximum Gasteiger partial charge on any atom is 0.252 e. The fourth-order valence-electron chi connectivity index (χ4n) is 13.7. The van der Waals surface area contributed by atoms with Crippen LogP contribution in [0.5, 0.6) is 0 Å². The molecule has 0 amide bonds. The van der Waals surface area contributed by atoms with Crippen molar-refractivity contribution in [3.8, 4) is 77.9 Å². The maximum atomic E-state index is 2.60. The van der Waals surface area contributed by atoms with Gasteiger partial charge >= 0.3 is 0 Å². The molecule has 2 nitrogen and oxygen atoms in total. The van der Waals surface area contributed by atoms with E-state index in [4.69, 9.17) is 0 Å². The van der Waals surface area contributed by atoms with Crippen molar-refractivity contribution in [2.75, 3.05) is 9.80 Å². The Balaban J connectivity index is 1.06. The molecule has 0 N–H and O–H groups in total. The van der Waals surface area contributed by atoms with E-state index >= 15 is 0 Å². The zero-order chi connectivity index (χ0) is 54.8. The monoisotopic (exact) mass is 1050 g/mol. The second-order valence-corrected chi connectivity index (χ2v) is 21.8. The summed E-state index contributed by atoms with van der Waals surface area (Å²) in [5, 5.41) is 4.83. The lowest BCUT2D eigenvalue weighted by molar-refractivity contribution is 1.25. The molecule has 0 aromatic heterocycles. The highest BCUT2D eigenvalue weighted by molar-refractivity contribution is 7.00. The summed E-state index contributed by atoms with van der Waals surface area (Å²) < 4.78 is 0. The molecule has 0 radical (unpaired) electrons. The van der Waals surface area contributed by atoms with Crippen LogP contribution in [0.25, 0.3) is 99.4 Å². The van der Waals surface area contributed by atoms with Crippen LogP contribution in [0, 0.1) is 0 Å². The third kappa shape index (κ3) is 8.04. The highest BCUT2D eigenvalue weighted by Crippen LogP contribution is 2.53. The first-order valence-corrected chi connectivity index (χ1v) is 28.8. The van der Waals surface area contributed by atoms with Crippen molar-refractivity contribution < 1.29 is 0 Å². The zero-order valence-corrected chi connectivity index (χ0v) is 45.6. The maximum absolute atomic E-state index is 2.60. The second kappa shape index (κ2) is 20.1. The largest absolute Gasteiger partial charge is 0.311 e. The van der Waals surface area contributed by atoms with Gasteiger partial charge in [-0.05, 0) is 141 Å². The fourth-order valence-corrected chi connectivity index (χ4v) is 13.7. The molecule has 3 heteroatoms. The lowest BCUT2D eigenvalue weighted by Gasteiger charge is -2.45. The van der Waals surface area contributed by atoms with E-state index in [1.54, 1.807) is 0 Å². The van der Waals surface area contributed by atoms with Gasteiger partial charge in [-0.2, -0.15) is 0 Å². The summed E-state index contributed by atoms with van der Waals surface area (Å²) in [5.74, 6) is 0. The molecule has 0 unspecified atom stereocenters. The Morgan fingerprint density at radius 2 is 0.518 bits per heavy atom. The molecule has 2 heterocycles. The molecule has 386 valence electrons. The summed E-state index contributed by atoms with van der Waals surface area (Å²) >= 11 is 0. The third-order valence-corrected chi connectivity index (χ3v) is 17.2. The number of hydrogen-bond acceptors (Lipinski definition) is 2. The molecular formula is C80H53BN2. The van der Waals surface area contributed by atoms with Gasteiger partial charge in [-0.1, -0.05) is 285 Å². The van der Waals surface area contributed by atoms with Crippen LogP contribution in [-0.2, 0) is 0 Å². The van der Waals surface area contributed by atoms with Crippen LogP contribution in [0.4, 0.5) is 34.1 Å². The highest BCUT2D eigenvalue weighted by Gasteiger charge is 2.45. The quantitative estimate of drug-likeness (QED) is 0.105. The van der Waals surface area contributed by atoms with Crippen LogP contribution in [0.3, 0.4) is 0 Å². The molecule has 83 heavy (non-hydrogen) atoms. The van der Waals surface area contributed by atoms with Gasteiger partial charge in [0.1, 0.15) is 0 Å². The Labute approximate surface area is 485 Å². The number of hydrogen-bond donors (Lipinski definition) is 0. The molecule has 2 aliphatic rings. The van der Waals surface area contributed by atoms with E-state index in [1.807, 2.05) is 0 Å². The van der Waals surface area contributed by atoms with Gasteiger partial charge in [0.15, 0.2) is 0 Å². The average molecular weight is 1050 g/mol. The Bertz CT molecular complexity index is 4530. The molecule has 0 spiro atoms. The van der Waals surface area contributed by atoms with E-state index in [1.165, 1.54) is 88.0 Å². The topological polar surface area (TPSA) is 6.48 Å². The predicted octanol–water partition coefficient (Wildman–Crippen LogP) is 19.7. The Kier molecular flexibility index (Phi) is 11.7. The fraction of sp³-hybridized carbons (Fsp3) is 0. The SMILES string of the molecule is c1ccc(-c2ccc3c(c2)B2c4cc(-c5ccccc5)ccc4N(c4ccccc4-c4ccccc4)c4cc(-c5c6ccccc6c(-c6ccccc6-c6ccccc6)c6ccccc56)cc(c42)N3c2ccccc2-c2ccccc2)cc1. The first kappa shape index (κ1) is 48.2. The average Bonchev–Trinajstić information content (AvgIpc) is 2.27. The van der Waals surface area contributed by atoms with E-state index < -0.39 is 0 Å². The van der Waals surface area contributed by atoms with Gasteiger partial charge in [-0.15, -0.1) is 0 Å². The summed E-state index contributed by atoms with van der Waals surface area (Å²) in [4.78, 5) is 5.21. The van der Waals surface area contributed by atoms with E-state index in [0.717, 1.165) is 61.9 Å². The molecule has 0 atom stereocenters. The molecule has 0 fully saturated rings. The van der Waals surface area contributed by atoms with E-state index in [0.29, 0.717) is 0 Å². The molecule has 0 bridgehead atoms. The van der Waals surface area contributed by atoms with Crippen LogP contribution in [0.2, 0.25) is 0 Å². The van der Waals surface area contributed by atoms with Crippen LogP contribution in [0.15, 0.2) is 322 Å². The normalized spacial score (nSPS) is 12.3. The van der Waals surface area contributed by atoms with Gasteiger partial charge in [-0.25, -0.2) is 0 Å². The minimum absolute atomic E-state index is 0.156. The molecule has 14 aromatic rings. The smallest absolute Gasteiger partial charge is 0.252 e. The number of benzene rings is 14. The van der Waals surface area contributed by atoms with Gasteiger partial charge in [0.05, 0.1) is 11.4 Å². The Morgan fingerprint density at radius 1 is 0.193 bits per heavy atom. The van der Waals surface area contributed by atoms with Crippen molar-refractivity contribution in [2.24, 2.45) is 0 Å². The molecule has 0 saturated heterocycles. The van der Waals surface area contributed by atoms with Gasteiger partial charge < -0.3 is 9.80 Å². The minimum Gasteiger partial charge on any atom is -0.311 e. The van der Waals surface area contributed by atoms with Crippen molar-refractivity contribution in [3.05, 3.63) is 322 Å². The first-order valence-electron chi connectivity index (χ1n) is 28.8. The van der Waals surface area contributed by atoms with Crippen LogP contribution >= 0.6 is 0 Å². The van der Waals surface area contributed by atoms with Crippen LogP contribution in [0.1, 0.15) is 0 Å². The minimum atomic E-state index is -0.156. The standard InChI is InChI=1S/C80H53BN2/c1-6-26-54(27-7-1)59-46-48-74-70(50-59)81-71-51-60(55-28-8-2-9-29-55)47-49-75(71)83(73-45-25-23-38-64(73)58-34-14-5-15-35-58)77-53-61(52-76(80(77)81)82(74)72-44-24-22-37-63(72)57-32-12-4-13-33-57)78-66-40-18-20-42-68(66)79(69-43-21-19-41-67(69)78)65-39-17-16-36-62(65)56-30-10-3-11-31-56/h1-53H. The molecular weight excluding hydrogens is 1000 g/mol. The van der Waals surface area contributed by atoms with Gasteiger partial charge in [-0.3, -0.25) is 0 Å². The number of rotatable bonds is 9.